The van der Waals surface area contributed by atoms with Crippen LogP contribution in [-0.4, -0.2) is 49.4 Å². The van der Waals surface area contributed by atoms with Crippen molar-refractivity contribution < 1.29 is 23.4 Å². The normalized spacial score (nSPS) is 22.9. The predicted octanol–water partition coefficient (Wildman–Crippen LogP) is 4.91. The summed E-state index contributed by atoms with van der Waals surface area (Å²) in [5.41, 5.74) is 3.75. The number of aliphatic hydroxyl groups excluding tert-OH is 1. The predicted molar refractivity (Wildman–Crippen MR) is 115 cm³/mol. The van der Waals surface area contributed by atoms with Crippen LogP contribution in [0.25, 0.3) is 0 Å². The summed E-state index contributed by atoms with van der Waals surface area (Å²) in [5, 5.41) is 10.3. The minimum atomic E-state index is -2.57. The van der Waals surface area contributed by atoms with Gasteiger partial charge in [-0.15, -0.1) is 11.8 Å². The molecule has 0 spiro atoms. The highest BCUT2D eigenvalue weighted by molar-refractivity contribution is 7.98. The van der Waals surface area contributed by atoms with E-state index in [0.29, 0.717) is 24.3 Å². The van der Waals surface area contributed by atoms with Crippen LogP contribution in [0.4, 0.5) is 8.78 Å². The number of rotatable bonds is 6. The zero-order chi connectivity index (χ0) is 21.3. The number of methoxy groups -OCH3 is 1. The van der Waals surface area contributed by atoms with Crippen molar-refractivity contribution in [2.24, 2.45) is 4.99 Å². The molecule has 0 bridgehead atoms. The standard InChI is InChI=1S/C23H25F2NO3S/c1-28-20-11-18-16(10-21(20)29-12-22(24)25)17-9-14(27)5-8-19(17)26-23(18)13-3-6-15(30-2)7-4-13/h3-4,6-7,10-11,14,17,19,22,27H,5,8-9,12H2,1-2H3. The molecule has 4 nitrogen and oxygen atoms in total. The first-order valence-corrected chi connectivity index (χ1v) is 11.3. The van der Waals surface area contributed by atoms with Crippen molar-refractivity contribution in [2.75, 3.05) is 20.0 Å². The molecule has 3 atom stereocenters. The fraction of sp³-hybridized carbons (Fsp3) is 0.435. The minimum Gasteiger partial charge on any atom is -0.493 e. The summed E-state index contributed by atoms with van der Waals surface area (Å²) in [6.07, 6.45) is 1.18. The molecule has 0 saturated heterocycles. The van der Waals surface area contributed by atoms with Gasteiger partial charge in [0.25, 0.3) is 6.43 Å². The van der Waals surface area contributed by atoms with Crippen molar-refractivity contribution in [2.45, 2.75) is 48.6 Å². The molecule has 2 aromatic carbocycles. The number of hydrogen-bond donors (Lipinski definition) is 1. The van der Waals surface area contributed by atoms with Crippen LogP contribution in [0.15, 0.2) is 46.3 Å². The lowest BCUT2D eigenvalue weighted by atomic mass is 9.74. The quantitative estimate of drug-likeness (QED) is 0.658. The van der Waals surface area contributed by atoms with E-state index in [2.05, 4.69) is 24.3 Å². The van der Waals surface area contributed by atoms with Crippen LogP contribution in [0.5, 0.6) is 11.5 Å². The van der Waals surface area contributed by atoms with E-state index in [1.54, 1.807) is 17.8 Å². The summed E-state index contributed by atoms with van der Waals surface area (Å²) in [4.78, 5) is 6.24. The lowest BCUT2D eigenvalue weighted by Crippen LogP contribution is -2.34. The maximum absolute atomic E-state index is 12.7. The molecule has 1 aliphatic carbocycles. The fourth-order valence-corrected chi connectivity index (χ4v) is 4.76. The van der Waals surface area contributed by atoms with Crippen molar-refractivity contribution in [3.8, 4) is 11.5 Å². The lowest BCUT2D eigenvalue weighted by Gasteiger charge is -2.37. The first kappa shape index (κ1) is 21.1. The number of thioether (sulfide) groups is 1. The monoisotopic (exact) mass is 433 g/mol. The van der Waals surface area contributed by atoms with Crippen molar-refractivity contribution >= 4 is 17.5 Å². The van der Waals surface area contributed by atoms with Crippen molar-refractivity contribution in [3.05, 3.63) is 53.1 Å². The van der Waals surface area contributed by atoms with Gasteiger partial charge < -0.3 is 14.6 Å². The Bertz CT molecular complexity index is 933. The average molecular weight is 434 g/mol. The van der Waals surface area contributed by atoms with Gasteiger partial charge in [-0.3, -0.25) is 4.99 Å². The van der Waals surface area contributed by atoms with Gasteiger partial charge in [0.05, 0.1) is 25.0 Å². The van der Waals surface area contributed by atoms with Crippen LogP contribution in [0.3, 0.4) is 0 Å². The van der Waals surface area contributed by atoms with Crippen LogP contribution in [0, 0.1) is 0 Å². The Hall–Kier alpha value is -2.12. The van der Waals surface area contributed by atoms with Crippen LogP contribution in [0.1, 0.15) is 41.9 Å². The summed E-state index contributed by atoms with van der Waals surface area (Å²) in [6, 6.07) is 11.9. The van der Waals surface area contributed by atoms with E-state index in [4.69, 9.17) is 14.5 Å². The van der Waals surface area contributed by atoms with Crippen molar-refractivity contribution in [3.63, 3.8) is 0 Å². The molecule has 4 rings (SSSR count). The van der Waals surface area contributed by atoms with Gasteiger partial charge in [0, 0.05) is 21.9 Å². The Kier molecular flexibility index (Phi) is 6.29. The third-order valence-electron chi connectivity index (χ3n) is 5.80. The lowest BCUT2D eigenvalue weighted by molar-refractivity contribution is 0.0802. The zero-order valence-electron chi connectivity index (χ0n) is 17.0. The zero-order valence-corrected chi connectivity index (χ0v) is 17.8. The number of aliphatic hydroxyl groups is 1. The maximum atomic E-state index is 12.7. The Morgan fingerprint density at radius 1 is 1.17 bits per heavy atom. The first-order valence-electron chi connectivity index (χ1n) is 10.0. The van der Waals surface area contributed by atoms with E-state index in [-0.39, 0.29) is 18.1 Å². The number of alkyl halides is 2. The summed E-state index contributed by atoms with van der Waals surface area (Å²) < 4.78 is 36.3. The van der Waals surface area contributed by atoms with E-state index in [0.717, 1.165) is 28.8 Å². The summed E-state index contributed by atoms with van der Waals surface area (Å²) in [5.74, 6) is 0.727. The van der Waals surface area contributed by atoms with Gasteiger partial charge >= 0.3 is 0 Å². The Balaban J connectivity index is 1.81. The number of nitrogens with zero attached hydrogens (tertiary/aromatic N) is 1. The summed E-state index contributed by atoms with van der Waals surface area (Å²) in [6.45, 7) is -0.692. The Morgan fingerprint density at radius 3 is 2.60 bits per heavy atom. The summed E-state index contributed by atoms with van der Waals surface area (Å²) >= 11 is 1.68. The fourth-order valence-electron chi connectivity index (χ4n) is 4.35. The number of fused-ring (bicyclic) bond motifs is 3. The number of halogens is 2. The van der Waals surface area contributed by atoms with E-state index in [1.165, 1.54) is 12.0 Å². The van der Waals surface area contributed by atoms with Crippen molar-refractivity contribution in [1.29, 1.82) is 0 Å². The van der Waals surface area contributed by atoms with Crippen LogP contribution in [-0.2, 0) is 0 Å². The number of ether oxygens (including phenoxy) is 2. The van der Waals surface area contributed by atoms with E-state index in [1.807, 2.05) is 12.3 Å². The Labute approximate surface area is 179 Å². The smallest absolute Gasteiger partial charge is 0.272 e. The van der Waals surface area contributed by atoms with E-state index >= 15 is 0 Å². The molecule has 3 unspecified atom stereocenters. The molecule has 1 aliphatic heterocycles. The largest absolute Gasteiger partial charge is 0.493 e. The van der Waals surface area contributed by atoms with Gasteiger partial charge in [-0.05, 0) is 55.3 Å². The molecular formula is C23H25F2NO3S. The molecule has 7 heteroatoms. The highest BCUT2D eigenvalue weighted by Crippen LogP contribution is 2.45. The molecule has 2 aliphatic rings. The van der Waals surface area contributed by atoms with Gasteiger partial charge in [0.1, 0.15) is 6.61 Å². The van der Waals surface area contributed by atoms with Gasteiger partial charge in [-0.2, -0.15) is 0 Å². The molecule has 0 amide bonds. The second kappa shape index (κ2) is 8.94. The minimum absolute atomic E-state index is 0.0257. The average Bonchev–Trinajstić information content (AvgIpc) is 2.76. The second-order valence-corrected chi connectivity index (χ2v) is 8.52. The van der Waals surface area contributed by atoms with E-state index < -0.39 is 13.0 Å². The Morgan fingerprint density at radius 2 is 1.93 bits per heavy atom. The maximum Gasteiger partial charge on any atom is 0.272 e. The SMILES string of the molecule is COc1cc2c(cc1OCC(F)F)C1CC(O)CCC1N=C2c1ccc(SC)cc1. The number of benzene rings is 2. The topological polar surface area (TPSA) is 51.0 Å². The molecular weight excluding hydrogens is 408 g/mol. The second-order valence-electron chi connectivity index (χ2n) is 7.64. The van der Waals surface area contributed by atoms with Gasteiger partial charge in [-0.25, -0.2) is 8.78 Å². The van der Waals surface area contributed by atoms with Crippen LogP contribution in [0.2, 0.25) is 0 Å². The van der Waals surface area contributed by atoms with E-state index in [9.17, 15) is 13.9 Å². The summed E-state index contributed by atoms with van der Waals surface area (Å²) in [7, 11) is 1.50. The van der Waals surface area contributed by atoms with Gasteiger partial charge in [0.2, 0.25) is 0 Å². The molecule has 1 saturated carbocycles. The molecule has 1 N–H and O–H groups in total. The molecule has 0 aromatic heterocycles. The molecule has 160 valence electrons. The first-order chi connectivity index (χ1) is 14.5. The van der Waals surface area contributed by atoms with Crippen LogP contribution < -0.4 is 9.47 Å². The van der Waals surface area contributed by atoms with Gasteiger partial charge in [-0.1, -0.05) is 12.1 Å². The number of aliphatic imine (C=N–C) groups is 1. The molecule has 2 aromatic rings. The molecule has 30 heavy (non-hydrogen) atoms. The molecule has 1 heterocycles. The highest BCUT2D eigenvalue weighted by Gasteiger charge is 2.37. The van der Waals surface area contributed by atoms with Crippen molar-refractivity contribution in [1.82, 2.24) is 0 Å². The highest BCUT2D eigenvalue weighted by atomic mass is 32.2. The van der Waals surface area contributed by atoms with Crippen LogP contribution >= 0.6 is 11.8 Å². The third-order valence-corrected chi connectivity index (χ3v) is 6.54. The molecule has 1 fully saturated rings. The van der Waals surface area contributed by atoms with Gasteiger partial charge in [0.15, 0.2) is 11.5 Å². The number of hydrogen-bond acceptors (Lipinski definition) is 5. The molecule has 0 radical (unpaired) electrons. The third kappa shape index (κ3) is 4.18.